The van der Waals surface area contributed by atoms with E-state index in [2.05, 4.69) is 4.99 Å². The second kappa shape index (κ2) is 6.32. The van der Waals surface area contributed by atoms with Crippen LogP contribution in [0.5, 0.6) is 0 Å². The third-order valence-corrected chi connectivity index (χ3v) is 4.27. The van der Waals surface area contributed by atoms with E-state index in [1.54, 1.807) is 6.20 Å². The molecule has 0 aromatic heterocycles. The fourth-order valence-corrected chi connectivity index (χ4v) is 3.07. The minimum atomic E-state index is -0.487. The molecule has 1 fully saturated rings. The molecule has 0 saturated heterocycles. The molecule has 1 aliphatic heterocycles. The van der Waals surface area contributed by atoms with E-state index in [1.165, 1.54) is 18.6 Å². The van der Waals surface area contributed by atoms with Crippen LogP contribution in [0.1, 0.15) is 37.7 Å². The zero-order valence-electron chi connectivity index (χ0n) is 12.7. The van der Waals surface area contributed by atoms with Crippen molar-refractivity contribution in [3.05, 3.63) is 36.0 Å². The summed E-state index contributed by atoms with van der Waals surface area (Å²) in [5, 5.41) is 11.6. The van der Waals surface area contributed by atoms with Gasteiger partial charge in [-0.25, -0.2) is 9.79 Å². The van der Waals surface area contributed by atoms with Crippen LogP contribution < -0.4 is 0 Å². The Balaban J connectivity index is 1.93. The Labute approximate surface area is 129 Å². The Morgan fingerprint density at radius 1 is 1.32 bits per heavy atom. The van der Waals surface area contributed by atoms with Gasteiger partial charge in [0.2, 0.25) is 0 Å². The van der Waals surface area contributed by atoms with Gasteiger partial charge < -0.3 is 4.74 Å². The number of hydrogen-bond donors (Lipinski definition) is 1. The normalized spacial score (nSPS) is 19.7. The Kier molecular flexibility index (Phi) is 4.24. The van der Waals surface area contributed by atoms with Crippen LogP contribution in [0, 0.1) is 0 Å². The number of rotatable bonds is 3. The number of hydrogen-bond acceptors (Lipinski definition) is 5. The van der Waals surface area contributed by atoms with E-state index in [4.69, 9.17) is 4.74 Å². The molecule has 3 rings (SSSR count). The van der Waals surface area contributed by atoms with Gasteiger partial charge >= 0.3 is 5.97 Å². The van der Waals surface area contributed by atoms with Crippen LogP contribution in [0.25, 0.3) is 5.57 Å². The fraction of sp³-hybridized carbons (Fsp3) is 0.412. The molecule has 0 radical (unpaired) electrons. The molecule has 22 heavy (non-hydrogen) atoms. The summed E-state index contributed by atoms with van der Waals surface area (Å²) in [6.07, 6.45) is 7.02. The van der Waals surface area contributed by atoms with Crippen LogP contribution in [-0.4, -0.2) is 35.1 Å². The Bertz CT molecular complexity index is 631. The maximum atomic E-state index is 12.0. The summed E-state index contributed by atoms with van der Waals surface area (Å²) < 4.78 is 4.81. The average Bonchev–Trinajstić information content (AvgIpc) is 2.93. The number of carbonyl (C=O) groups excluding carboxylic acids is 1. The first-order valence-corrected chi connectivity index (χ1v) is 7.66. The first kappa shape index (κ1) is 14.8. The van der Waals surface area contributed by atoms with Gasteiger partial charge in [-0.1, -0.05) is 37.5 Å². The third-order valence-electron chi connectivity index (χ3n) is 4.27. The average molecular weight is 300 g/mol. The number of ether oxygens (including phenoxy) is 1. The van der Waals surface area contributed by atoms with Crippen molar-refractivity contribution in [2.45, 2.75) is 38.1 Å². The number of fused-ring (bicyclic) bond motifs is 1. The van der Waals surface area contributed by atoms with Crippen molar-refractivity contribution in [1.29, 1.82) is 0 Å². The number of methoxy groups -OCH3 is 1. The predicted octanol–water partition coefficient (Wildman–Crippen LogP) is 3.31. The van der Waals surface area contributed by atoms with Crippen molar-refractivity contribution < 1.29 is 14.7 Å². The summed E-state index contributed by atoms with van der Waals surface area (Å²) >= 11 is 0. The SMILES string of the molecule is COC(=O)C1=Nc2ccccc2/C1=C/N(O)C1CCCCC1. The molecule has 0 bridgehead atoms. The van der Waals surface area contributed by atoms with Crippen molar-refractivity contribution in [2.24, 2.45) is 4.99 Å². The van der Waals surface area contributed by atoms with Crippen LogP contribution in [0.15, 0.2) is 35.5 Å². The standard InChI is InChI=1S/C17H20N2O3/c1-22-17(20)16-14(13-9-5-6-10-15(13)18-16)11-19(21)12-7-3-2-4-8-12/h5-6,9-12,21H,2-4,7-8H2,1H3/b14-11-. The number of aliphatic imine (C=N–C) groups is 1. The number of esters is 1. The molecule has 1 heterocycles. The molecule has 2 aliphatic rings. The van der Waals surface area contributed by atoms with Gasteiger partial charge in [0.05, 0.1) is 18.8 Å². The maximum Gasteiger partial charge on any atom is 0.357 e. The Hall–Kier alpha value is -2.14. The summed E-state index contributed by atoms with van der Waals surface area (Å²) in [5.41, 5.74) is 2.44. The minimum Gasteiger partial charge on any atom is -0.464 e. The lowest BCUT2D eigenvalue weighted by Gasteiger charge is -2.28. The maximum absolute atomic E-state index is 12.0. The molecule has 0 amide bonds. The van der Waals surface area contributed by atoms with E-state index in [-0.39, 0.29) is 11.8 Å². The van der Waals surface area contributed by atoms with Gasteiger partial charge in [-0.05, 0) is 18.9 Å². The lowest BCUT2D eigenvalue weighted by Crippen LogP contribution is -2.30. The molecule has 5 heteroatoms. The second-order valence-corrected chi connectivity index (χ2v) is 5.68. The predicted molar refractivity (Wildman–Crippen MR) is 84.0 cm³/mol. The molecule has 1 aliphatic carbocycles. The summed E-state index contributed by atoms with van der Waals surface area (Å²) in [7, 11) is 1.34. The van der Waals surface area contributed by atoms with Crippen molar-refractivity contribution in [1.82, 2.24) is 5.06 Å². The van der Waals surface area contributed by atoms with Crippen LogP contribution in [0.2, 0.25) is 0 Å². The van der Waals surface area contributed by atoms with Crippen molar-refractivity contribution in [2.75, 3.05) is 7.11 Å². The van der Waals surface area contributed by atoms with E-state index < -0.39 is 5.97 Å². The molecular weight excluding hydrogens is 280 g/mol. The quantitative estimate of drug-likeness (QED) is 0.687. The largest absolute Gasteiger partial charge is 0.464 e. The van der Waals surface area contributed by atoms with Gasteiger partial charge in [-0.15, -0.1) is 0 Å². The highest BCUT2D eigenvalue weighted by atomic mass is 16.5. The lowest BCUT2D eigenvalue weighted by atomic mass is 9.95. The third kappa shape index (κ3) is 2.76. The van der Waals surface area contributed by atoms with Crippen LogP contribution in [-0.2, 0) is 9.53 Å². The van der Waals surface area contributed by atoms with E-state index in [0.717, 1.165) is 36.9 Å². The molecule has 1 aromatic carbocycles. The number of benzene rings is 1. The minimum absolute atomic E-state index is 0.105. The molecule has 0 spiro atoms. The van der Waals surface area contributed by atoms with E-state index >= 15 is 0 Å². The van der Waals surface area contributed by atoms with Gasteiger partial charge in [0.25, 0.3) is 0 Å². The topological polar surface area (TPSA) is 62.1 Å². The first-order valence-electron chi connectivity index (χ1n) is 7.66. The van der Waals surface area contributed by atoms with Gasteiger partial charge in [-0.3, -0.25) is 10.3 Å². The van der Waals surface area contributed by atoms with Crippen molar-refractivity contribution in [3.63, 3.8) is 0 Å². The fourth-order valence-electron chi connectivity index (χ4n) is 3.07. The first-order chi connectivity index (χ1) is 10.7. The number of nitrogens with zero attached hydrogens (tertiary/aromatic N) is 2. The highest BCUT2D eigenvalue weighted by Gasteiger charge is 2.28. The number of carbonyl (C=O) groups is 1. The van der Waals surface area contributed by atoms with E-state index in [1.807, 2.05) is 24.3 Å². The van der Waals surface area contributed by atoms with Crippen LogP contribution >= 0.6 is 0 Å². The highest BCUT2D eigenvalue weighted by molar-refractivity contribution is 6.56. The van der Waals surface area contributed by atoms with Crippen molar-refractivity contribution >= 4 is 22.9 Å². The van der Waals surface area contributed by atoms with Crippen molar-refractivity contribution in [3.8, 4) is 0 Å². The van der Waals surface area contributed by atoms with E-state index in [0.29, 0.717) is 5.57 Å². The number of hydroxylamine groups is 2. The van der Waals surface area contributed by atoms with Gasteiger partial charge in [0.15, 0.2) is 5.71 Å². The van der Waals surface area contributed by atoms with Crippen LogP contribution in [0.4, 0.5) is 5.69 Å². The summed E-state index contributed by atoms with van der Waals surface area (Å²) in [6, 6.07) is 7.62. The molecule has 5 nitrogen and oxygen atoms in total. The molecule has 1 aromatic rings. The van der Waals surface area contributed by atoms with Gasteiger partial charge in [-0.2, -0.15) is 0 Å². The highest BCUT2D eigenvalue weighted by Crippen LogP contribution is 2.35. The zero-order chi connectivity index (χ0) is 15.5. The summed E-state index contributed by atoms with van der Waals surface area (Å²) in [5.74, 6) is -0.487. The smallest absolute Gasteiger partial charge is 0.357 e. The molecule has 1 saturated carbocycles. The number of para-hydroxylation sites is 1. The molecule has 0 unspecified atom stereocenters. The molecular formula is C17H20N2O3. The second-order valence-electron chi connectivity index (χ2n) is 5.68. The Morgan fingerprint density at radius 2 is 2.05 bits per heavy atom. The van der Waals surface area contributed by atoms with Gasteiger partial charge in [0.1, 0.15) is 0 Å². The monoisotopic (exact) mass is 300 g/mol. The molecule has 1 N–H and O–H groups in total. The lowest BCUT2D eigenvalue weighted by molar-refractivity contribution is -0.132. The summed E-state index contributed by atoms with van der Waals surface area (Å²) in [4.78, 5) is 16.3. The van der Waals surface area contributed by atoms with Crippen LogP contribution in [0.3, 0.4) is 0 Å². The zero-order valence-corrected chi connectivity index (χ0v) is 12.7. The van der Waals surface area contributed by atoms with Gasteiger partial charge in [0, 0.05) is 17.3 Å². The molecule has 0 atom stereocenters. The Morgan fingerprint density at radius 3 is 2.77 bits per heavy atom. The summed E-state index contributed by atoms with van der Waals surface area (Å²) in [6.45, 7) is 0. The molecule has 116 valence electrons. The van der Waals surface area contributed by atoms with E-state index in [9.17, 15) is 10.0 Å².